The number of halogens is 4. The third kappa shape index (κ3) is 4.65. The van der Waals surface area contributed by atoms with Crippen molar-refractivity contribution in [2.75, 3.05) is 20.3 Å². The number of benzene rings is 1. The Balaban J connectivity index is 1.59. The average Bonchev–Trinajstić information content (AvgIpc) is 3.50. The lowest BCUT2D eigenvalue weighted by Gasteiger charge is -2.33. The van der Waals surface area contributed by atoms with Gasteiger partial charge in [-0.2, -0.15) is 22.8 Å². The van der Waals surface area contributed by atoms with Gasteiger partial charge in [0.25, 0.3) is 5.91 Å². The molecule has 0 saturated heterocycles. The number of ether oxygens (including phenoxy) is 2. The first kappa shape index (κ1) is 28.8. The van der Waals surface area contributed by atoms with Crippen LogP contribution in [0.3, 0.4) is 0 Å². The van der Waals surface area contributed by atoms with Crippen molar-refractivity contribution in [2.24, 2.45) is 5.73 Å². The first-order valence-corrected chi connectivity index (χ1v) is 12.7. The Morgan fingerprint density at radius 1 is 1.17 bits per heavy atom. The van der Waals surface area contributed by atoms with Crippen LogP contribution in [0.5, 0.6) is 11.6 Å². The molecule has 1 aliphatic rings. The van der Waals surface area contributed by atoms with Gasteiger partial charge in [0.2, 0.25) is 11.8 Å². The van der Waals surface area contributed by atoms with Crippen molar-refractivity contribution in [3.05, 3.63) is 70.9 Å². The summed E-state index contributed by atoms with van der Waals surface area (Å²) in [5, 5.41) is 6.53. The quantitative estimate of drug-likeness (QED) is 0.316. The Labute approximate surface area is 236 Å². The first-order valence-electron chi connectivity index (χ1n) is 12.7. The summed E-state index contributed by atoms with van der Waals surface area (Å²) in [4.78, 5) is 34.0. The maximum atomic E-state index is 14.9. The second-order valence-corrected chi connectivity index (χ2v) is 10.5. The Morgan fingerprint density at radius 3 is 2.48 bits per heavy atom. The minimum absolute atomic E-state index is 0.0257. The van der Waals surface area contributed by atoms with Crippen LogP contribution in [0.2, 0.25) is 0 Å². The molecule has 0 radical (unpaired) electrons. The fraction of sp³-hybridized carbons (Fsp3) is 0.321. The van der Waals surface area contributed by atoms with Gasteiger partial charge in [0, 0.05) is 29.8 Å². The van der Waals surface area contributed by atoms with Crippen molar-refractivity contribution in [3.8, 4) is 22.9 Å². The van der Waals surface area contributed by atoms with Gasteiger partial charge in [0.05, 0.1) is 18.5 Å². The van der Waals surface area contributed by atoms with E-state index in [1.54, 1.807) is 13.0 Å². The Bertz CT molecular complexity index is 1720. The molecule has 0 saturated carbocycles. The highest BCUT2D eigenvalue weighted by molar-refractivity contribution is 5.93. The van der Waals surface area contributed by atoms with E-state index in [2.05, 4.69) is 20.4 Å². The lowest BCUT2D eigenvalue weighted by Crippen LogP contribution is -2.49. The molecule has 0 unspecified atom stereocenters. The van der Waals surface area contributed by atoms with Crippen LogP contribution in [0.1, 0.15) is 41.3 Å². The first-order chi connectivity index (χ1) is 19.7. The minimum Gasteiger partial charge on any atom is -0.489 e. The number of carbonyl (C=O) groups excluding carboxylic acids is 2. The van der Waals surface area contributed by atoms with E-state index in [0.717, 1.165) is 25.1 Å². The molecule has 3 aromatic heterocycles. The Hall–Kier alpha value is -4.75. The van der Waals surface area contributed by atoms with Crippen molar-refractivity contribution < 1.29 is 36.6 Å². The van der Waals surface area contributed by atoms with Crippen LogP contribution in [-0.2, 0) is 15.6 Å². The highest BCUT2D eigenvalue weighted by atomic mass is 19.4. The maximum Gasteiger partial charge on any atom is 0.401 e. The lowest BCUT2D eigenvalue weighted by molar-refractivity contribution is -0.184. The fourth-order valence-electron chi connectivity index (χ4n) is 4.68. The van der Waals surface area contributed by atoms with Gasteiger partial charge >= 0.3 is 6.18 Å². The summed E-state index contributed by atoms with van der Waals surface area (Å²) in [6.45, 7) is 2.89. The van der Waals surface area contributed by atoms with Crippen molar-refractivity contribution >= 4 is 17.5 Å². The molecule has 0 spiro atoms. The molecule has 220 valence electrons. The van der Waals surface area contributed by atoms with Crippen LogP contribution in [0, 0.1) is 12.7 Å². The number of pyridine rings is 1. The summed E-state index contributed by atoms with van der Waals surface area (Å²) >= 11 is 0. The number of rotatable bonds is 7. The van der Waals surface area contributed by atoms with E-state index in [1.807, 2.05) is 0 Å². The molecule has 10 nitrogen and oxygen atoms in total. The third-order valence-electron chi connectivity index (χ3n) is 7.49. The number of methoxy groups -OCH3 is 1. The zero-order chi connectivity index (χ0) is 30.6. The number of nitrogens with zero attached hydrogens (tertiary/aromatic N) is 4. The molecule has 14 heteroatoms. The lowest BCUT2D eigenvalue weighted by atomic mass is 9.79. The second-order valence-electron chi connectivity index (χ2n) is 10.5. The molecule has 0 aliphatic carbocycles. The number of primary amides is 1. The number of carbonyl (C=O) groups is 2. The molecule has 1 aliphatic heterocycles. The van der Waals surface area contributed by atoms with E-state index < -0.39 is 46.9 Å². The Kier molecular flexibility index (Phi) is 6.82. The van der Waals surface area contributed by atoms with Gasteiger partial charge < -0.3 is 20.5 Å². The number of nitrogens with one attached hydrogen (secondary N) is 1. The van der Waals surface area contributed by atoms with Crippen LogP contribution in [0.25, 0.3) is 16.9 Å². The summed E-state index contributed by atoms with van der Waals surface area (Å²) in [7, 11) is 1.36. The largest absolute Gasteiger partial charge is 0.489 e. The summed E-state index contributed by atoms with van der Waals surface area (Å²) in [6.07, 6.45) is -4.93. The van der Waals surface area contributed by atoms with E-state index in [4.69, 9.17) is 15.2 Å². The number of aryl methyl sites for hydroxylation is 1. The molecule has 4 aromatic rings. The maximum absolute atomic E-state index is 14.9. The molecule has 3 N–H and O–H groups in total. The Morgan fingerprint density at radius 2 is 1.86 bits per heavy atom. The summed E-state index contributed by atoms with van der Waals surface area (Å²) < 4.78 is 70.6. The number of hydrogen-bond acceptors (Lipinski definition) is 7. The SMILES string of the molecule is COc1cc(C(=O)NC[C@](C)(c2cc3c(c(-c4ccc(F)cc4)n2)OC[C@]3(C)C(N)=O)C(F)(F)F)nc2cc(C)nn12. The number of nitrogens with two attached hydrogens (primary N) is 1. The van der Waals surface area contributed by atoms with E-state index in [0.29, 0.717) is 5.69 Å². The van der Waals surface area contributed by atoms with E-state index in [1.165, 1.54) is 36.7 Å². The van der Waals surface area contributed by atoms with Crippen LogP contribution < -0.4 is 20.5 Å². The summed E-state index contributed by atoms with van der Waals surface area (Å²) in [5.41, 5.74) is 1.93. The molecule has 1 aromatic carbocycles. The standard InChI is InChI=1S/C28H26F4N6O4/c1-14-9-20-35-18(11-21(41-4)38(20)37-14)24(39)34-12-27(3,28(30,31)32)19-10-17-23(42-13-26(17,2)25(33)40)22(36-19)15-5-7-16(29)8-6-15/h5-11H,12-13H2,1-4H3,(H2,33,40)(H,34,39)/t26-,27+/m0/s1. The van der Waals surface area contributed by atoms with Gasteiger partial charge in [-0.05, 0) is 51.1 Å². The molecule has 0 bridgehead atoms. The number of hydrogen-bond donors (Lipinski definition) is 2. The van der Waals surface area contributed by atoms with Crippen LogP contribution in [-0.4, -0.2) is 57.8 Å². The van der Waals surface area contributed by atoms with Gasteiger partial charge in [-0.3, -0.25) is 9.59 Å². The molecule has 4 heterocycles. The third-order valence-corrected chi connectivity index (χ3v) is 7.49. The topological polar surface area (TPSA) is 134 Å². The van der Waals surface area contributed by atoms with Gasteiger partial charge in [0.1, 0.15) is 40.4 Å². The number of amides is 2. The molecule has 2 amide bonds. The van der Waals surface area contributed by atoms with E-state index in [9.17, 15) is 27.2 Å². The van der Waals surface area contributed by atoms with E-state index >= 15 is 0 Å². The van der Waals surface area contributed by atoms with Crippen molar-refractivity contribution in [1.29, 1.82) is 0 Å². The fourth-order valence-corrected chi connectivity index (χ4v) is 4.68. The van der Waals surface area contributed by atoms with Crippen LogP contribution >= 0.6 is 0 Å². The van der Waals surface area contributed by atoms with Crippen molar-refractivity contribution in [1.82, 2.24) is 24.9 Å². The molecule has 5 rings (SSSR count). The normalized spacial score (nSPS) is 17.8. The van der Waals surface area contributed by atoms with Gasteiger partial charge in [-0.15, -0.1) is 0 Å². The summed E-state index contributed by atoms with van der Waals surface area (Å²) in [6, 6.07) is 8.90. The van der Waals surface area contributed by atoms with Gasteiger partial charge in [-0.25, -0.2) is 14.4 Å². The van der Waals surface area contributed by atoms with Crippen LogP contribution in [0.4, 0.5) is 17.6 Å². The average molecular weight is 587 g/mol. The molecular formula is C28H26F4N6O4. The second kappa shape index (κ2) is 9.96. The molecule has 42 heavy (non-hydrogen) atoms. The van der Waals surface area contributed by atoms with Gasteiger partial charge in [-0.1, -0.05) is 0 Å². The van der Waals surface area contributed by atoms with Crippen LogP contribution in [0.15, 0.2) is 42.5 Å². The van der Waals surface area contributed by atoms with Crippen molar-refractivity contribution in [3.63, 3.8) is 0 Å². The zero-order valence-corrected chi connectivity index (χ0v) is 23.0. The smallest absolute Gasteiger partial charge is 0.401 e. The molecule has 0 fully saturated rings. The van der Waals surface area contributed by atoms with E-state index in [-0.39, 0.29) is 46.4 Å². The number of aromatic nitrogens is 4. The molecular weight excluding hydrogens is 560 g/mol. The highest BCUT2D eigenvalue weighted by Crippen LogP contribution is 2.48. The monoisotopic (exact) mass is 586 g/mol. The zero-order valence-electron chi connectivity index (χ0n) is 23.0. The molecule has 2 atom stereocenters. The predicted octanol–water partition coefficient (Wildman–Crippen LogP) is 3.63. The number of alkyl halides is 3. The number of fused-ring (bicyclic) bond motifs is 2. The summed E-state index contributed by atoms with van der Waals surface area (Å²) in [5.74, 6) is -2.04. The highest BCUT2D eigenvalue weighted by Gasteiger charge is 2.55. The van der Waals surface area contributed by atoms with Crippen molar-refractivity contribution in [2.45, 2.75) is 37.8 Å². The predicted molar refractivity (Wildman–Crippen MR) is 142 cm³/mol. The minimum atomic E-state index is -4.93. The van der Waals surface area contributed by atoms with Gasteiger partial charge in [0.15, 0.2) is 5.65 Å².